The number of hydrogen-bond acceptors (Lipinski definition) is 3. The minimum atomic E-state index is -0.500. The Morgan fingerprint density at radius 3 is 2.85 bits per heavy atom. The van der Waals surface area contributed by atoms with Gasteiger partial charge in [0, 0.05) is 32.6 Å². The molecule has 0 bridgehead atoms. The van der Waals surface area contributed by atoms with E-state index in [0.29, 0.717) is 19.5 Å². The quantitative estimate of drug-likeness (QED) is 0.834. The molecule has 0 unspecified atom stereocenters. The monoisotopic (exact) mass is 275 g/mol. The van der Waals surface area contributed by atoms with Crippen LogP contribution in [0.15, 0.2) is 18.2 Å². The first-order valence-electron chi connectivity index (χ1n) is 6.88. The van der Waals surface area contributed by atoms with Crippen LogP contribution in [0.4, 0.5) is 4.39 Å². The van der Waals surface area contributed by atoms with Gasteiger partial charge in [0.05, 0.1) is 5.56 Å². The van der Waals surface area contributed by atoms with Gasteiger partial charge in [-0.05, 0) is 30.5 Å². The fraction of sp³-hybridized carbons (Fsp3) is 0.467. The number of rotatable bonds is 5. The standard InChI is InChI=1S/C15H18FN3O/c16-14-4-3-12(9-13(14)10-17)11-18-6-5-15(20)19-7-1-2-8-19/h3-4,9,18H,1-2,5-8,11H2. The van der Waals surface area contributed by atoms with Crippen molar-refractivity contribution >= 4 is 5.91 Å². The van der Waals surface area contributed by atoms with E-state index in [1.54, 1.807) is 6.07 Å². The number of benzene rings is 1. The summed E-state index contributed by atoms with van der Waals surface area (Å²) in [7, 11) is 0. The zero-order chi connectivity index (χ0) is 14.4. The molecule has 1 aromatic carbocycles. The third-order valence-corrected chi connectivity index (χ3v) is 3.45. The molecular formula is C15H18FN3O. The number of amides is 1. The average Bonchev–Trinajstić information content (AvgIpc) is 2.99. The van der Waals surface area contributed by atoms with Crippen molar-refractivity contribution in [2.24, 2.45) is 0 Å². The summed E-state index contributed by atoms with van der Waals surface area (Å²) >= 11 is 0. The number of carbonyl (C=O) groups excluding carboxylic acids is 1. The van der Waals surface area contributed by atoms with Crippen LogP contribution in [0.1, 0.15) is 30.4 Å². The topological polar surface area (TPSA) is 56.1 Å². The van der Waals surface area contributed by atoms with E-state index in [2.05, 4.69) is 5.32 Å². The van der Waals surface area contributed by atoms with E-state index in [0.717, 1.165) is 31.5 Å². The lowest BCUT2D eigenvalue weighted by atomic mass is 10.1. The van der Waals surface area contributed by atoms with Crippen LogP contribution in [0.25, 0.3) is 0 Å². The SMILES string of the molecule is N#Cc1cc(CNCCC(=O)N2CCCC2)ccc1F. The van der Waals surface area contributed by atoms with Crippen LogP contribution in [0.3, 0.4) is 0 Å². The van der Waals surface area contributed by atoms with Gasteiger partial charge >= 0.3 is 0 Å². The summed E-state index contributed by atoms with van der Waals surface area (Å²) in [6.07, 6.45) is 2.68. The average molecular weight is 275 g/mol. The molecule has 5 heteroatoms. The number of nitriles is 1. The molecule has 0 radical (unpaired) electrons. The number of carbonyl (C=O) groups is 1. The van der Waals surface area contributed by atoms with Crippen LogP contribution in [-0.2, 0) is 11.3 Å². The molecule has 1 N–H and O–H groups in total. The molecule has 1 aliphatic heterocycles. The van der Waals surface area contributed by atoms with Crippen molar-refractivity contribution in [1.29, 1.82) is 5.26 Å². The first-order valence-corrected chi connectivity index (χ1v) is 6.88. The van der Waals surface area contributed by atoms with Gasteiger partial charge in [0.15, 0.2) is 0 Å². The lowest BCUT2D eigenvalue weighted by Gasteiger charge is -2.15. The molecule has 1 amide bonds. The van der Waals surface area contributed by atoms with Crippen molar-refractivity contribution in [2.75, 3.05) is 19.6 Å². The molecule has 1 heterocycles. The molecular weight excluding hydrogens is 257 g/mol. The van der Waals surface area contributed by atoms with Crippen LogP contribution < -0.4 is 5.32 Å². The van der Waals surface area contributed by atoms with Gasteiger partial charge < -0.3 is 10.2 Å². The van der Waals surface area contributed by atoms with Gasteiger partial charge in [-0.2, -0.15) is 5.26 Å². The second-order valence-corrected chi connectivity index (χ2v) is 4.94. The second-order valence-electron chi connectivity index (χ2n) is 4.94. The highest BCUT2D eigenvalue weighted by molar-refractivity contribution is 5.76. The van der Waals surface area contributed by atoms with Crippen molar-refractivity contribution in [3.8, 4) is 6.07 Å². The fourth-order valence-corrected chi connectivity index (χ4v) is 2.32. The maximum Gasteiger partial charge on any atom is 0.223 e. The third-order valence-electron chi connectivity index (χ3n) is 3.45. The van der Waals surface area contributed by atoms with Gasteiger partial charge in [0.1, 0.15) is 11.9 Å². The lowest BCUT2D eigenvalue weighted by molar-refractivity contribution is -0.130. The van der Waals surface area contributed by atoms with Crippen molar-refractivity contribution in [3.05, 3.63) is 35.1 Å². The van der Waals surface area contributed by atoms with Crippen LogP contribution in [0.2, 0.25) is 0 Å². The zero-order valence-electron chi connectivity index (χ0n) is 11.4. The van der Waals surface area contributed by atoms with Crippen molar-refractivity contribution in [3.63, 3.8) is 0 Å². The highest BCUT2D eigenvalue weighted by atomic mass is 19.1. The molecule has 106 valence electrons. The molecule has 4 nitrogen and oxygen atoms in total. The summed E-state index contributed by atoms with van der Waals surface area (Å²) in [6, 6.07) is 6.29. The predicted molar refractivity (Wildman–Crippen MR) is 73.3 cm³/mol. The molecule has 20 heavy (non-hydrogen) atoms. The van der Waals surface area contributed by atoms with E-state index in [1.807, 2.05) is 11.0 Å². The van der Waals surface area contributed by atoms with Gasteiger partial charge in [0.2, 0.25) is 5.91 Å². The highest BCUT2D eigenvalue weighted by Gasteiger charge is 2.16. The Kier molecular flexibility index (Phi) is 5.08. The zero-order valence-corrected chi connectivity index (χ0v) is 11.4. The predicted octanol–water partition coefficient (Wildman–Crippen LogP) is 1.80. The largest absolute Gasteiger partial charge is 0.343 e. The summed E-state index contributed by atoms with van der Waals surface area (Å²) in [4.78, 5) is 13.7. The van der Waals surface area contributed by atoms with Crippen molar-refractivity contribution in [1.82, 2.24) is 10.2 Å². The summed E-state index contributed by atoms with van der Waals surface area (Å²) in [5.41, 5.74) is 0.897. The smallest absolute Gasteiger partial charge is 0.223 e. The molecule has 1 fully saturated rings. The van der Waals surface area contributed by atoms with Crippen LogP contribution >= 0.6 is 0 Å². The maximum absolute atomic E-state index is 13.1. The highest BCUT2D eigenvalue weighted by Crippen LogP contribution is 2.10. The fourth-order valence-electron chi connectivity index (χ4n) is 2.32. The lowest BCUT2D eigenvalue weighted by Crippen LogP contribution is -2.30. The number of likely N-dealkylation sites (tertiary alicyclic amines) is 1. The summed E-state index contributed by atoms with van der Waals surface area (Å²) in [6.45, 7) is 2.88. The van der Waals surface area contributed by atoms with E-state index in [-0.39, 0.29) is 11.5 Å². The molecule has 0 aliphatic carbocycles. The summed E-state index contributed by atoms with van der Waals surface area (Å²) < 4.78 is 13.1. The molecule has 0 saturated carbocycles. The Bertz CT molecular complexity index is 518. The molecule has 0 aromatic heterocycles. The van der Waals surface area contributed by atoms with E-state index in [4.69, 9.17) is 5.26 Å². The first kappa shape index (κ1) is 14.5. The molecule has 0 atom stereocenters. The normalized spacial score (nSPS) is 14.3. The van der Waals surface area contributed by atoms with E-state index < -0.39 is 5.82 Å². The van der Waals surface area contributed by atoms with E-state index in [9.17, 15) is 9.18 Å². The van der Waals surface area contributed by atoms with Gasteiger partial charge in [-0.3, -0.25) is 4.79 Å². The Morgan fingerprint density at radius 1 is 1.40 bits per heavy atom. The minimum absolute atomic E-state index is 0.0532. The number of halogens is 1. The molecule has 0 spiro atoms. The van der Waals surface area contributed by atoms with Crippen LogP contribution in [0.5, 0.6) is 0 Å². The first-order chi connectivity index (χ1) is 9.70. The Balaban J connectivity index is 1.73. The van der Waals surface area contributed by atoms with Gasteiger partial charge in [0.25, 0.3) is 0 Å². The van der Waals surface area contributed by atoms with Crippen molar-refractivity contribution in [2.45, 2.75) is 25.8 Å². The number of nitrogens with one attached hydrogen (secondary N) is 1. The Morgan fingerprint density at radius 2 is 2.15 bits per heavy atom. The number of nitrogens with zero attached hydrogens (tertiary/aromatic N) is 2. The molecule has 2 rings (SSSR count). The summed E-state index contributed by atoms with van der Waals surface area (Å²) in [5.74, 6) is -0.313. The maximum atomic E-state index is 13.1. The Labute approximate surface area is 118 Å². The van der Waals surface area contributed by atoms with Crippen LogP contribution in [0, 0.1) is 17.1 Å². The van der Waals surface area contributed by atoms with Crippen molar-refractivity contribution < 1.29 is 9.18 Å². The molecule has 1 aromatic rings. The molecule has 1 saturated heterocycles. The van der Waals surface area contributed by atoms with Gasteiger partial charge in [-0.25, -0.2) is 4.39 Å². The summed E-state index contributed by atoms with van der Waals surface area (Å²) in [5, 5.41) is 11.9. The van der Waals surface area contributed by atoms with Gasteiger partial charge in [-0.1, -0.05) is 6.07 Å². The Hall–Kier alpha value is -1.93. The van der Waals surface area contributed by atoms with Crippen LogP contribution in [-0.4, -0.2) is 30.4 Å². The second kappa shape index (κ2) is 7.01. The minimum Gasteiger partial charge on any atom is -0.343 e. The van der Waals surface area contributed by atoms with E-state index >= 15 is 0 Å². The number of hydrogen-bond donors (Lipinski definition) is 1. The molecule has 1 aliphatic rings. The van der Waals surface area contributed by atoms with E-state index in [1.165, 1.54) is 12.1 Å². The third kappa shape index (κ3) is 3.78. The van der Waals surface area contributed by atoms with Gasteiger partial charge in [-0.15, -0.1) is 0 Å².